The van der Waals surface area contributed by atoms with Crippen LogP contribution in [0, 0.1) is 0 Å². The molecule has 6 heteroatoms. The predicted octanol–water partition coefficient (Wildman–Crippen LogP) is -0.828. The largest absolute Gasteiger partial charge is 0.394 e. The third-order valence-corrected chi connectivity index (χ3v) is 3.87. The van der Waals surface area contributed by atoms with E-state index in [4.69, 9.17) is 9.84 Å². The van der Waals surface area contributed by atoms with Crippen LogP contribution in [-0.4, -0.2) is 62.3 Å². The van der Waals surface area contributed by atoms with Crippen molar-refractivity contribution in [1.82, 2.24) is 0 Å². The number of ether oxygens (including phenoxy) is 1. The van der Waals surface area contributed by atoms with E-state index in [-0.39, 0.29) is 6.42 Å². The van der Waals surface area contributed by atoms with Gasteiger partial charge in [0.15, 0.2) is 5.79 Å². The standard InChI is InChI=1S/C15H22O6/c16-9-11(17)13-12(18)14(19)15(20,21-13)8-4-7-10-5-2-1-3-6-10/h1-3,5-6,11-14,16-20H,4,7-9H2/t11-,12+,13-,14-,15+/m1/s1. The van der Waals surface area contributed by atoms with Gasteiger partial charge in [0.2, 0.25) is 0 Å². The highest BCUT2D eigenvalue weighted by Gasteiger charge is 2.54. The number of aliphatic hydroxyl groups is 5. The van der Waals surface area contributed by atoms with Crippen molar-refractivity contribution in [2.24, 2.45) is 0 Å². The number of benzene rings is 1. The molecule has 0 saturated carbocycles. The Morgan fingerprint density at radius 2 is 1.86 bits per heavy atom. The molecular formula is C15H22O6. The number of hydrogen-bond donors (Lipinski definition) is 5. The van der Waals surface area contributed by atoms with Crippen molar-refractivity contribution < 1.29 is 30.3 Å². The van der Waals surface area contributed by atoms with E-state index in [1.54, 1.807) is 0 Å². The lowest BCUT2D eigenvalue weighted by Gasteiger charge is -2.26. The Bertz CT molecular complexity index is 439. The first-order chi connectivity index (χ1) is 9.98. The van der Waals surface area contributed by atoms with Gasteiger partial charge in [0.1, 0.15) is 24.4 Å². The minimum absolute atomic E-state index is 0.120. The summed E-state index contributed by atoms with van der Waals surface area (Å²) in [5, 5.41) is 48.4. The molecule has 0 unspecified atom stereocenters. The fraction of sp³-hybridized carbons (Fsp3) is 0.600. The van der Waals surface area contributed by atoms with Crippen LogP contribution in [0.1, 0.15) is 18.4 Å². The molecule has 0 amide bonds. The molecule has 1 heterocycles. The molecule has 1 aliphatic heterocycles. The highest BCUT2D eigenvalue weighted by Crippen LogP contribution is 2.34. The Kier molecular flexibility index (Phi) is 5.32. The summed E-state index contributed by atoms with van der Waals surface area (Å²) in [4.78, 5) is 0. The monoisotopic (exact) mass is 298 g/mol. The molecule has 0 bridgehead atoms. The maximum absolute atomic E-state index is 10.3. The number of aliphatic hydroxyl groups excluding tert-OH is 4. The van der Waals surface area contributed by atoms with Crippen molar-refractivity contribution >= 4 is 0 Å². The Morgan fingerprint density at radius 1 is 1.19 bits per heavy atom. The van der Waals surface area contributed by atoms with Crippen LogP contribution >= 0.6 is 0 Å². The zero-order chi connectivity index (χ0) is 15.5. The predicted molar refractivity (Wildman–Crippen MR) is 74.3 cm³/mol. The van der Waals surface area contributed by atoms with E-state index in [2.05, 4.69) is 0 Å². The van der Waals surface area contributed by atoms with Gasteiger partial charge in [0.25, 0.3) is 0 Å². The highest BCUT2D eigenvalue weighted by molar-refractivity contribution is 5.14. The smallest absolute Gasteiger partial charge is 0.195 e. The second-order valence-corrected chi connectivity index (χ2v) is 5.45. The van der Waals surface area contributed by atoms with E-state index in [1.807, 2.05) is 30.3 Å². The SMILES string of the molecule is OC[C@@H](O)[C@H]1O[C@@](O)(CCCc2ccccc2)[C@H](O)[C@H]1O. The fourth-order valence-electron chi connectivity index (χ4n) is 2.63. The molecule has 0 radical (unpaired) electrons. The van der Waals surface area contributed by atoms with Crippen molar-refractivity contribution in [3.05, 3.63) is 35.9 Å². The quantitative estimate of drug-likeness (QED) is 0.469. The average Bonchev–Trinajstić information content (AvgIpc) is 2.72. The number of rotatable bonds is 6. The normalized spacial score (nSPS) is 34.0. The van der Waals surface area contributed by atoms with Gasteiger partial charge < -0.3 is 30.3 Å². The molecule has 1 aromatic carbocycles. The summed E-state index contributed by atoms with van der Waals surface area (Å²) in [7, 11) is 0. The van der Waals surface area contributed by atoms with Crippen LogP contribution in [0.2, 0.25) is 0 Å². The van der Waals surface area contributed by atoms with Gasteiger partial charge in [-0.15, -0.1) is 0 Å². The summed E-state index contributed by atoms with van der Waals surface area (Å²) in [5.41, 5.74) is 1.10. The van der Waals surface area contributed by atoms with Crippen LogP contribution < -0.4 is 0 Å². The van der Waals surface area contributed by atoms with Crippen LogP contribution in [0.15, 0.2) is 30.3 Å². The summed E-state index contributed by atoms with van der Waals surface area (Å²) in [6.07, 6.45) is -4.14. The fourth-order valence-corrected chi connectivity index (χ4v) is 2.63. The second kappa shape index (κ2) is 6.83. The van der Waals surface area contributed by atoms with Crippen LogP contribution in [-0.2, 0) is 11.2 Å². The van der Waals surface area contributed by atoms with Gasteiger partial charge in [0.05, 0.1) is 6.61 Å². The van der Waals surface area contributed by atoms with Crippen LogP contribution in [0.25, 0.3) is 0 Å². The maximum atomic E-state index is 10.3. The molecule has 0 spiro atoms. The van der Waals surface area contributed by atoms with E-state index in [1.165, 1.54) is 0 Å². The van der Waals surface area contributed by atoms with Crippen LogP contribution in [0.3, 0.4) is 0 Å². The molecule has 5 atom stereocenters. The third-order valence-electron chi connectivity index (χ3n) is 3.87. The zero-order valence-corrected chi connectivity index (χ0v) is 11.7. The van der Waals surface area contributed by atoms with Crippen LogP contribution in [0.5, 0.6) is 0 Å². The van der Waals surface area contributed by atoms with Gasteiger partial charge >= 0.3 is 0 Å². The minimum Gasteiger partial charge on any atom is -0.394 e. The molecule has 1 aromatic rings. The van der Waals surface area contributed by atoms with Gasteiger partial charge in [0, 0.05) is 6.42 Å². The van der Waals surface area contributed by atoms with Crippen molar-refractivity contribution in [2.45, 2.75) is 49.5 Å². The Morgan fingerprint density at radius 3 is 2.48 bits per heavy atom. The first kappa shape index (κ1) is 16.4. The van der Waals surface area contributed by atoms with Gasteiger partial charge in [-0.1, -0.05) is 30.3 Å². The lowest BCUT2D eigenvalue weighted by atomic mass is 9.97. The molecule has 1 fully saturated rings. The van der Waals surface area contributed by atoms with E-state index >= 15 is 0 Å². The molecule has 21 heavy (non-hydrogen) atoms. The Labute approximate surface area is 123 Å². The van der Waals surface area contributed by atoms with Crippen LogP contribution in [0.4, 0.5) is 0 Å². The molecule has 0 aliphatic carbocycles. The zero-order valence-electron chi connectivity index (χ0n) is 11.7. The summed E-state index contributed by atoms with van der Waals surface area (Å²) in [6, 6.07) is 9.68. The van der Waals surface area contributed by atoms with Gasteiger partial charge in [-0.2, -0.15) is 0 Å². The van der Waals surface area contributed by atoms with E-state index in [9.17, 15) is 20.4 Å². The van der Waals surface area contributed by atoms with Crippen molar-refractivity contribution in [1.29, 1.82) is 0 Å². The summed E-state index contributed by atoms with van der Waals surface area (Å²) >= 11 is 0. The number of aryl methyl sites for hydroxylation is 1. The average molecular weight is 298 g/mol. The molecule has 1 aliphatic rings. The van der Waals surface area contributed by atoms with Gasteiger partial charge in [-0.3, -0.25) is 0 Å². The molecule has 118 valence electrons. The summed E-state index contributed by atoms with van der Waals surface area (Å²) < 4.78 is 5.21. The topological polar surface area (TPSA) is 110 Å². The molecule has 1 saturated heterocycles. The number of hydrogen-bond acceptors (Lipinski definition) is 6. The van der Waals surface area contributed by atoms with Crippen molar-refractivity contribution in [3.8, 4) is 0 Å². The first-order valence-electron chi connectivity index (χ1n) is 7.07. The first-order valence-corrected chi connectivity index (χ1v) is 7.07. The minimum atomic E-state index is -1.91. The Balaban J connectivity index is 1.92. The van der Waals surface area contributed by atoms with E-state index < -0.39 is 36.8 Å². The molecule has 2 rings (SSSR count). The third kappa shape index (κ3) is 3.60. The molecule has 0 aromatic heterocycles. The summed E-state index contributed by atoms with van der Waals surface area (Å²) in [5.74, 6) is -1.91. The second-order valence-electron chi connectivity index (χ2n) is 5.45. The van der Waals surface area contributed by atoms with Crippen molar-refractivity contribution in [2.75, 3.05) is 6.61 Å². The molecule has 6 nitrogen and oxygen atoms in total. The maximum Gasteiger partial charge on any atom is 0.195 e. The highest BCUT2D eigenvalue weighted by atomic mass is 16.7. The van der Waals surface area contributed by atoms with E-state index in [0.29, 0.717) is 12.8 Å². The molecular weight excluding hydrogens is 276 g/mol. The lowest BCUT2D eigenvalue weighted by molar-refractivity contribution is -0.242. The lowest BCUT2D eigenvalue weighted by Crippen LogP contribution is -2.43. The van der Waals surface area contributed by atoms with E-state index in [0.717, 1.165) is 5.56 Å². The van der Waals surface area contributed by atoms with Gasteiger partial charge in [-0.25, -0.2) is 0 Å². The Hall–Kier alpha value is -1.02. The molecule has 5 N–H and O–H groups in total. The summed E-state index contributed by atoms with van der Waals surface area (Å²) in [6.45, 7) is -0.617. The van der Waals surface area contributed by atoms with Gasteiger partial charge in [-0.05, 0) is 18.4 Å². The van der Waals surface area contributed by atoms with Crippen molar-refractivity contribution in [3.63, 3.8) is 0 Å².